The van der Waals surface area contributed by atoms with E-state index in [4.69, 9.17) is 28.2 Å². The molecular formula is C23H22BrCl2IN4O. The van der Waals surface area contributed by atoms with E-state index in [9.17, 15) is 4.79 Å². The quantitative estimate of drug-likeness (QED) is 0.219. The van der Waals surface area contributed by atoms with Crippen molar-refractivity contribution < 1.29 is 4.79 Å². The molecular weight excluding hydrogens is 626 g/mol. The van der Waals surface area contributed by atoms with E-state index < -0.39 is 0 Å². The lowest BCUT2D eigenvalue weighted by Gasteiger charge is -2.22. The van der Waals surface area contributed by atoms with Gasteiger partial charge in [-0.3, -0.25) is 9.88 Å². The van der Waals surface area contributed by atoms with Gasteiger partial charge in [0.1, 0.15) is 5.82 Å². The smallest absolute Gasteiger partial charge is 0.320 e. The van der Waals surface area contributed by atoms with Crippen molar-refractivity contribution in [2.75, 3.05) is 5.32 Å². The van der Waals surface area contributed by atoms with Crippen LogP contribution in [0.1, 0.15) is 37.8 Å². The van der Waals surface area contributed by atoms with E-state index >= 15 is 0 Å². The lowest BCUT2D eigenvalue weighted by atomic mass is 9.96. The molecule has 1 fully saturated rings. The Labute approximate surface area is 219 Å². The molecule has 0 unspecified atom stereocenters. The van der Waals surface area contributed by atoms with Gasteiger partial charge in [-0.15, -0.1) is 0 Å². The van der Waals surface area contributed by atoms with Crippen molar-refractivity contribution >= 4 is 73.6 Å². The van der Waals surface area contributed by atoms with Gasteiger partial charge in [0, 0.05) is 31.2 Å². The van der Waals surface area contributed by atoms with Crippen LogP contribution in [-0.4, -0.2) is 21.6 Å². The summed E-state index contributed by atoms with van der Waals surface area (Å²) in [5.41, 5.74) is 2.48. The second-order valence-corrected chi connectivity index (χ2v) is 10.4. The van der Waals surface area contributed by atoms with Gasteiger partial charge in [-0.1, -0.05) is 58.4 Å². The van der Waals surface area contributed by atoms with Gasteiger partial charge in [0.25, 0.3) is 0 Å². The molecule has 168 valence electrons. The first-order valence-corrected chi connectivity index (χ1v) is 13.4. The number of amides is 2. The Morgan fingerprint density at radius 3 is 2.50 bits per heavy atom. The maximum Gasteiger partial charge on any atom is 0.320 e. The Balaban J connectivity index is 1.75. The molecule has 1 saturated carbocycles. The van der Waals surface area contributed by atoms with Crippen LogP contribution in [0.3, 0.4) is 0 Å². The van der Waals surface area contributed by atoms with Crippen LogP contribution in [0.2, 0.25) is 10.0 Å². The van der Waals surface area contributed by atoms with Crippen LogP contribution in [0.25, 0.3) is 17.1 Å². The molecule has 0 radical (unpaired) electrons. The fraction of sp³-hybridized carbons (Fsp3) is 0.304. The van der Waals surface area contributed by atoms with E-state index in [0.29, 0.717) is 27.0 Å². The van der Waals surface area contributed by atoms with Gasteiger partial charge >= 0.3 is 6.03 Å². The maximum absolute atomic E-state index is 12.8. The summed E-state index contributed by atoms with van der Waals surface area (Å²) in [7, 11) is 0. The molecule has 0 bridgehead atoms. The van der Waals surface area contributed by atoms with E-state index in [0.717, 1.165) is 46.2 Å². The van der Waals surface area contributed by atoms with Crippen LogP contribution in [0, 0.1) is 3.57 Å². The normalized spacial score (nSPS) is 14.4. The number of aromatic nitrogens is 2. The Hall–Kier alpha value is -1.29. The Bertz CT molecular complexity index is 1110. The average molecular weight is 648 g/mol. The largest absolute Gasteiger partial charge is 0.335 e. The minimum absolute atomic E-state index is 0.208. The summed E-state index contributed by atoms with van der Waals surface area (Å²) < 4.78 is 3.14. The van der Waals surface area contributed by atoms with Gasteiger partial charge in [0.05, 0.1) is 10.7 Å². The first-order valence-electron chi connectivity index (χ1n) is 10.4. The molecule has 4 rings (SSSR count). The predicted molar refractivity (Wildman–Crippen MR) is 143 cm³/mol. The fourth-order valence-corrected chi connectivity index (χ4v) is 5.34. The monoisotopic (exact) mass is 646 g/mol. The molecule has 2 amide bonds. The second-order valence-electron chi connectivity index (χ2n) is 7.73. The summed E-state index contributed by atoms with van der Waals surface area (Å²) in [6, 6.07) is 13.4. The van der Waals surface area contributed by atoms with Crippen molar-refractivity contribution in [1.29, 1.82) is 0 Å². The van der Waals surface area contributed by atoms with Crippen LogP contribution in [-0.2, 0) is 5.33 Å². The standard InChI is InChI=1S/C23H22BrCl2IN4O/c24-13-20-21(30-23(32)28-16-4-2-1-3-5-16)29-22(18-11-6-14(25)12-19(18)26)31(20)17-9-7-15(27)8-10-17/h6-12,16H,1-5,13H2,(H2,28,30,32). The van der Waals surface area contributed by atoms with E-state index in [1.807, 2.05) is 34.9 Å². The van der Waals surface area contributed by atoms with E-state index in [1.165, 1.54) is 6.42 Å². The van der Waals surface area contributed by atoms with Gasteiger partial charge in [0.15, 0.2) is 5.82 Å². The highest BCUT2D eigenvalue weighted by molar-refractivity contribution is 14.1. The molecule has 9 heteroatoms. The summed E-state index contributed by atoms with van der Waals surface area (Å²) in [5.74, 6) is 1.13. The van der Waals surface area contributed by atoms with Crippen LogP contribution >= 0.6 is 61.7 Å². The van der Waals surface area contributed by atoms with Gasteiger partial charge in [-0.05, 0) is 77.9 Å². The third kappa shape index (κ3) is 5.43. The molecule has 0 atom stereocenters. The van der Waals surface area contributed by atoms with Gasteiger partial charge < -0.3 is 5.32 Å². The molecule has 0 spiro atoms. The molecule has 3 aromatic rings. The number of rotatable bonds is 5. The first kappa shape index (κ1) is 23.9. The van der Waals surface area contributed by atoms with Crippen LogP contribution < -0.4 is 10.6 Å². The maximum atomic E-state index is 12.8. The Kier molecular flexibility index (Phi) is 8.02. The summed E-state index contributed by atoms with van der Waals surface area (Å²) in [6.07, 6.45) is 5.57. The van der Waals surface area contributed by atoms with Crippen molar-refractivity contribution in [3.8, 4) is 17.1 Å². The SMILES string of the molecule is O=C(Nc1nc(-c2ccc(Cl)cc2Cl)n(-c2ccc(I)cc2)c1CBr)NC1CCCCC1. The zero-order valence-corrected chi connectivity index (χ0v) is 22.4. The van der Waals surface area contributed by atoms with E-state index in [-0.39, 0.29) is 12.1 Å². The molecule has 1 heterocycles. The van der Waals surface area contributed by atoms with Crippen LogP contribution in [0.5, 0.6) is 0 Å². The van der Waals surface area contributed by atoms with Gasteiger partial charge in [-0.25, -0.2) is 9.78 Å². The van der Waals surface area contributed by atoms with Crippen molar-refractivity contribution in [3.05, 3.63) is 61.8 Å². The molecule has 0 aliphatic heterocycles. The number of nitrogens with zero attached hydrogens (tertiary/aromatic N) is 2. The number of carbonyl (C=O) groups excluding carboxylic acids is 1. The molecule has 32 heavy (non-hydrogen) atoms. The Morgan fingerprint density at radius 2 is 1.84 bits per heavy atom. The van der Waals surface area contributed by atoms with Crippen LogP contribution in [0.4, 0.5) is 10.6 Å². The number of nitrogens with one attached hydrogen (secondary N) is 2. The summed E-state index contributed by atoms with van der Waals surface area (Å²) >= 11 is 18.5. The van der Waals surface area contributed by atoms with Gasteiger partial charge in [-0.2, -0.15) is 0 Å². The third-order valence-corrected chi connectivity index (χ3v) is 7.33. The lowest BCUT2D eigenvalue weighted by molar-refractivity contribution is 0.244. The van der Waals surface area contributed by atoms with Gasteiger partial charge in [0.2, 0.25) is 0 Å². The van der Waals surface area contributed by atoms with Crippen LogP contribution in [0.15, 0.2) is 42.5 Å². The number of urea groups is 1. The number of anilines is 1. The number of halogens is 4. The fourth-order valence-electron chi connectivity index (χ4n) is 3.97. The zero-order valence-electron chi connectivity index (χ0n) is 17.2. The van der Waals surface area contributed by atoms with E-state index in [2.05, 4.69) is 49.2 Å². The number of alkyl halides is 1. The molecule has 1 aliphatic carbocycles. The second kappa shape index (κ2) is 10.8. The zero-order chi connectivity index (χ0) is 22.7. The highest BCUT2D eigenvalue weighted by atomic mass is 127. The number of benzene rings is 2. The van der Waals surface area contributed by atoms with Crippen molar-refractivity contribution in [3.63, 3.8) is 0 Å². The average Bonchev–Trinajstić information content (AvgIpc) is 3.12. The lowest BCUT2D eigenvalue weighted by Crippen LogP contribution is -2.39. The van der Waals surface area contributed by atoms with Crippen molar-refractivity contribution in [2.24, 2.45) is 0 Å². The number of imidazole rings is 1. The van der Waals surface area contributed by atoms with Crippen molar-refractivity contribution in [1.82, 2.24) is 14.9 Å². The summed E-state index contributed by atoms with van der Waals surface area (Å²) in [5, 5.41) is 7.61. The van der Waals surface area contributed by atoms with E-state index in [1.54, 1.807) is 12.1 Å². The summed E-state index contributed by atoms with van der Waals surface area (Å²) in [6.45, 7) is 0. The summed E-state index contributed by atoms with van der Waals surface area (Å²) in [4.78, 5) is 17.6. The molecule has 1 aliphatic rings. The van der Waals surface area contributed by atoms with Crippen molar-refractivity contribution in [2.45, 2.75) is 43.5 Å². The minimum Gasteiger partial charge on any atom is -0.335 e. The molecule has 5 nitrogen and oxygen atoms in total. The number of carbonyl (C=O) groups is 1. The molecule has 0 saturated heterocycles. The predicted octanol–water partition coefficient (Wildman–Crippen LogP) is 7.80. The Morgan fingerprint density at radius 1 is 1.12 bits per heavy atom. The highest BCUT2D eigenvalue weighted by Crippen LogP contribution is 2.35. The number of hydrogen-bond acceptors (Lipinski definition) is 2. The molecule has 1 aromatic heterocycles. The molecule has 2 N–H and O–H groups in total. The highest BCUT2D eigenvalue weighted by Gasteiger charge is 2.23. The topological polar surface area (TPSA) is 59.0 Å². The number of hydrogen-bond donors (Lipinski definition) is 2. The first-order chi connectivity index (χ1) is 15.5. The minimum atomic E-state index is -0.236. The third-order valence-electron chi connectivity index (χ3n) is 5.53. The molecule has 2 aromatic carbocycles.